The van der Waals surface area contributed by atoms with E-state index in [0.717, 1.165) is 22.8 Å². The number of carbonyl (C=O) groups excluding carboxylic acids is 1. The van der Waals surface area contributed by atoms with Crippen LogP contribution < -0.4 is 19.6 Å². The maximum Gasteiger partial charge on any atom is 0.305 e. The number of amides is 1. The Hall–Kier alpha value is -3.34. The fraction of sp³-hybridized carbons (Fsp3) is 0.143. The second kappa shape index (κ2) is 6.88. The Morgan fingerprint density at radius 1 is 1.00 bits per heavy atom. The summed E-state index contributed by atoms with van der Waals surface area (Å²) in [6.07, 6.45) is 1.85. The average Bonchev–Trinajstić information content (AvgIpc) is 3.16. The number of fused-ring (bicyclic) bond motifs is 1. The van der Waals surface area contributed by atoms with Crippen LogP contribution in [0.15, 0.2) is 72.9 Å². The van der Waals surface area contributed by atoms with Crippen LogP contribution in [0.3, 0.4) is 0 Å². The van der Waals surface area contributed by atoms with Crippen molar-refractivity contribution < 1.29 is 18.9 Å². The first-order valence-corrected chi connectivity index (χ1v) is 8.49. The fourth-order valence-electron chi connectivity index (χ4n) is 3.03. The minimum absolute atomic E-state index is 0.0572. The Labute approximate surface area is 151 Å². The summed E-state index contributed by atoms with van der Waals surface area (Å²) in [7, 11) is 0. The first-order chi connectivity index (χ1) is 12.7. The van der Waals surface area contributed by atoms with Crippen molar-refractivity contribution in [3.8, 4) is 11.5 Å². The van der Waals surface area contributed by atoms with E-state index in [4.69, 9.17) is 9.47 Å². The van der Waals surface area contributed by atoms with Crippen LogP contribution in [0.2, 0.25) is 0 Å². The minimum atomic E-state index is -0.152. The van der Waals surface area contributed by atoms with Crippen molar-refractivity contribution in [2.75, 3.05) is 12.2 Å². The molecule has 1 unspecified atom stereocenters. The smallest absolute Gasteiger partial charge is 0.305 e. The van der Waals surface area contributed by atoms with E-state index >= 15 is 0 Å². The first kappa shape index (κ1) is 16.1. The van der Waals surface area contributed by atoms with E-state index in [-0.39, 0.29) is 18.6 Å². The minimum Gasteiger partial charge on any atom is -0.454 e. The molecular weight excluding hydrogens is 328 g/mol. The second-order valence-electron chi connectivity index (χ2n) is 6.14. The lowest BCUT2D eigenvalue weighted by molar-refractivity contribution is -0.650. The average molecular weight is 347 g/mol. The van der Waals surface area contributed by atoms with Gasteiger partial charge in [-0.2, -0.15) is 0 Å². The number of ether oxygens (including phenoxy) is 2. The van der Waals surface area contributed by atoms with E-state index in [9.17, 15) is 4.79 Å². The Morgan fingerprint density at radius 3 is 2.62 bits per heavy atom. The summed E-state index contributed by atoms with van der Waals surface area (Å²) in [6.45, 7) is 2.35. The van der Waals surface area contributed by atoms with E-state index in [0.29, 0.717) is 5.56 Å². The van der Waals surface area contributed by atoms with Gasteiger partial charge >= 0.3 is 5.91 Å². The lowest BCUT2D eigenvalue weighted by Gasteiger charge is -2.12. The highest BCUT2D eigenvalue weighted by molar-refractivity contribution is 5.98. The van der Waals surface area contributed by atoms with Crippen molar-refractivity contribution in [2.45, 2.75) is 12.8 Å². The van der Waals surface area contributed by atoms with Crippen molar-refractivity contribution in [3.05, 3.63) is 89.7 Å². The van der Waals surface area contributed by atoms with Gasteiger partial charge in [-0.05, 0) is 42.8 Å². The molecule has 4 rings (SSSR count). The number of carbonyl (C=O) groups is 1. The number of nitrogens with one attached hydrogen (secondary N) is 1. The van der Waals surface area contributed by atoms with Crippen LogP contribution in [-0.4, -0.2) is 12.7 Å². The predicted molar refractivity (Wildman–Crippen MR) is 96.9 cm³/mol. The van der Waals surface area contributed by atoms with Gasteiger partial charge in [0, 0.05) is 17.7 Å². The molecule has 5 nitrogen and oxygen atoms in total. The summed E-state index contributed by atoms with van der Waals surface area (Å²) in [4.78, 5) is 12.5. The molecule has 1 aliphatic rings. The van der Waals surface area contributed by atoms with Crippen molar-refractivity contribution in [2.24, 2.45) is 0 Å². The topological polar surface area (TPSA) is 51.4 Å². The zero-order valence-electron chi connectivity index (χ0n) is 14.4. The number of nitrogens with zero attached hydrogens (tertiary/aromatic N) is 1. The van der Waals surface area contributed by atoms with Gasteiger partial charge in [0.1, 0.15) is 0 Å². The van der Waals surface area contributed by atoms with Crippen molar-refractivity contribution in [3.63, 3.8) is 0 Å². The predicted octanol–water partition coefficient (Wildman–Crippen LogP) is 3.24. The van der Waals surface area contributed by atoms with Crippen LogP contribution in [0.4, 0.5) is 0 Å². The van der Waals surface area contributed by atoms with Crippen LogP contribution in [0.1, 0.15) is 34.5 Å². The number of rotatable bonds is 4. The summed E-state index contributed by atoms with van der Waals surface area (Å²) in [5, 5.41) is 0. The molecule has 0 radical (unpaired) electrons. The van der Waals surface area contributed by atoms with Gasteiger partial charge < -0.3 is 9.47 Å². The summed E-state index contributed by atoms with van der Waals surface area (Å²) in [5.41, 5.74) is 5.62. The van der Waals surface area contributed by atoms with E-state index < -0.39 is 0 Å². The Bertz CT molecular complexity index is 941. The summed E-state index contributed by atoms with van der Waals surface area (Å²) in [6, 6.07) is 21.0. The molecule has 2 aromatic carbocycles. The lowest BCUT2D eigenvalue weighted by Crippen LogP contribution is -2.51. The molecule has 0 saturated heterocycles. The van der Waals surface area contributed by atoms with Crippen LogP contribution in [0, 0.1) is 0 Å². The van der Waals surface area contributed by atoms with Gasteiger partial charge in [0.25, 0.3) is 0 Å². The molecular formula is C21H19N2O3+. The van der Waals surface area contributed by atoms with Crippen molar-refractivity contribution in [1.82, 2.24) is 0 Å². The summed E-state index contributed by atoms with van der Waals surface area (Å²) >= 11 is 0. The van der Waals surface area contributed by atoms with Gasteiger partial charge in [-0.3, -0.25) is 4.79 Å². The zero-order chi connectivity index (χ0) is 17.9. The molecule has 1 aromatic heterocycles. The molecule has 1 amide bonds. The van der Waals surface area contributed by atoms with Gasteiger partial charge in [-0.25, -0.2) is 0 Å². The molecule has 3 aromatic rings. The third-order valence-corrected chi connectivity index (χ3v) is 4.49. The van der Waals surface area contributed by atoms with Gasteiger partial charge in [-0.15, -0.1) is 5.43 Å². The van der Waals surface area contributed by atoms with Crippen LogP contribution >= 0.6 is 0 Å². The van der Waals surface area contributed by atoms with Crippen LogP contribution in [0.5, 0.6) is 11.5 Å². The van der Waals surface area contributed by atoms with Gasteiger partial charge in [-0.1, -0.05) is 28.9 Å². The van der Waals surface area contributed by atoms with Crippen LogP contribution in [0.25, 0.3) is 0 Å². The molecule has 5 heteroatoms. The fourth-order valence-corrected chi connectivity index (χ4v) is 3.03. The molecule has 2 heterocycles. The molecule has 0 saturated carbocycles. The standard InChI is InChI=1S/C21H18N2O3/c1-15(17-10-11-19-20(13-17)26-14-25-19)18-9-5-6-12-23(18)22-21(24)16-7-3-2-4-8-16/h2-13,15H,14H2,1H3/p+1. The SMILES string of the molecule is CC(c1ccc2c(c1)OCO2)c1cccc[n+]1NC(=O)c1ccccc1. The number of hydrogen-bond donors (Lipinski definition) is 1. The van der Waals surface area contributed by atoms with E-state index in [1.165, 1.54) is 0 Å². The maximum atomic E-state index is 12.5. The molecule has 1 N–H and O–H groups in total. The van der Waals surface area contributed by atoms with Crippen molar-refractivity contribution in [1.29, 1.82) is 0 Å². The molecule has 0 fully saturated rings. The van der Waals surface area contributed by atoms with Crippen LogP contribution in [-0.2, 0) is 0 Å². The second-order valence-corrected chi connectivity index (χ2v) is 6.14. The zero-order valence-corrected chi connectivity index (χ0v) is 14.4. The number of aromatic nitrogens is 1. The quantitative estimate of drug-likeness (QED) is 0.737. The highest BCUT2D eigenvalue weighted by atomic mass is 16.7. The molecule has 1 aliphatic heterocycles. The number of pyridine rings is 1. The van der Waals surface area contributed by atoms with Gasteiger partial charge in [0.2, 0.25) is 12.5 Å². The lowest BCUT2D eigenvalue weighted by atomic mass is 9.96. The molecule has 26 heavy (non-hydrogen) atoms. The van der Waals surface area contributed by atoms with E-state index in [2.05, 4.69) is 12.3 Å². The Morgan fingerprint density at radius 2 is 1.77 bits per heavy atom. The molecule has 0 spiro atoms. The van der Waals surface area contributed by atoms with Gasteiger partial charge in [0.15, 0.2) is 17.7 Å². The highest BCUT2D eigenvalue weighted by Gasteiger charge is 2.24. The monoisotopic (exact) mass is 347 g/mol. The first-order valence-electron chi connectivity index (χ1n) is 8.49. The highest BCUT2D eigenvalue weighted by Crippen LogP contribution is 2.35. The summed E-state index contributed by atoms with van der Waals surface area (Å²) < 4.78 is 12.6. The third kappa shape index (κ3) is 3.11. The van der Waals surface area contributed by atoms with Gasteiger partial charge in [0.05, 0.1) is 5.92 Å². The molecule has 0 bridgehead atoms. The van der Waals surface area contributed by atoms with E-state index in [1.807, 2.05) is 60.8 Å². The third-order valence-electron chi connectivity index (χ3n) is 4.49. The molecule has 130 valence electrons. The molecule has 0 aliphatic carbocycles. The normalized spacial score (nSPS) is 13.3. The van der Waals surface area contributed by atoms with E-state index in [1.54, 1.807) is 16.8 Å². The largest absolute Gasteiger partial charge is 0.454 e. The Kier molecular flexibility index (Phi) is 4.27. The Balaban J connectivity index is 1.62. The number of hydrogen-bond acceptors (Lipinski definition) is 3. The van der Waals surface area contributed by atoms with Crippen molar-refractivity contribution >= 4 is 5.91 Å². The number of benzene rings is 2. The molecule has 1 atom stereocenters. The maximum absolute atomic E-state index is 12.5. The summed E-state index contributed by atoms with van der Waals surface area (Å²) in [5.74, 6) is 1.42.